The topological polar surface area (TPSA) is 91.7 Å². The van der Waals surface area contributed by atoms with Crippen molar-refractivity contribution in [3.05, 3.63) is 23.8 Å². The molecule has 0 aromatic heterocycles. The molecule has 0 unspecified atom stereocenters. The molecule has 4 aliphatic rings. The monoisotopic (exact) mass is 394 g/mol. The van der Waals surface area contributed by atoms with Crippen LogP contribution in [0.15, 0.2) is 23.8 Å². The van der Waals surface area contributed by atoms with Crippen LogP contribution in [0.5, 0.6) is 0 Å². The largest absolute Gasteiger partial charge is 0.479 e. The van der Waals surface area contributed by atoms with E-state index >= 15 is 8.78 Å². The number of alkyl halides is 2. The number of aliphatic carboxylic acids is 1. The van der Waals surface area contributed by atoms with Crippen molar-refractivity contribution in [3.63, 3.8) is 0 Å². The number of fused-ring (bicyclic) bond motifs is 5. The number of carbonyl (C=O) groups is 3. The Morgan fingerprint density at radius 3 is 2.46 bits per heavy atom. The van der Waals surface area contributed by atoms with Gasteiger partial charge in [0.05, 0.1) is 5.41 Å². The second-order valence-electron chi connectivity index (χ2n) is 9.39. The first-order chi connectivity index (χ1) is 12.8. The molecule has 152 valence electrons. The van der Waals surface area contributed by atoms with E-state index in [1.165, 1.54) is 19.9 Å². The van der Waals surface area contributed by atoms with Crippen LogP contribution < -0.4 is 0 Å². The Kier molecular flexibility index (Phi) is 3.73. The summed E-state index contributed by atoms with van der Waals surface area (Å²) in [4.78, 5) is 36.9. The fraction of sp³-hybridized carbons (Fsp3) is 0.667. The highest BCUT2D eigenvalue weighted by Gasteiger charge is 2.77. The van der Waals surface area contributed by atoms with Crippen molar-refractivity contribution >= 4 is 17.5 Å². The molecule has 0 bridgehead atoms. The molecule has 28 heavy (non-hydrogen) atoms. The van der Waals surface area contributed by atoms with Gasteiger partial charge in [-0.2, -0.15) is 0 Å². The lowest BCUT2D eigenvalue weighted by atomic mass is 9.45. The Labute approximate surface area is 161 Å². The van der Waals surface area contributed by atoms with Crippen molar-refractivity contribution in [2.45, 2.75) is 57.5 Å². The normalized spacial score (nSPS) is 52.6. The van der Waals surface area contributed by atoms with Crippen molar-refractivity contribution in [2.75, 3.05) is 0 Å². The molecule has 0 aromatic rings. The van der Waals surface area contributed by atoms with E-state index in [0.717, 1.165) is 12.2 Å². The number of Topliss-reactive ketones (excluding diaryl/α,β-unsaturated/α-hetero) is 1. The third-order valence-corrected chi connectivity index (χ3v) is 8.30. The zero-order valence-corrected chi connectivity index (χ0v) is 16.0. The average Bonchev–Trinajstić information content (AvgIpc) is 2.81. The van der Waals surface area contributed by atoms with Crippen LogP contribution in [0.4, 0.5) is 8.78 Å². The number of halogens is 2. The lowest BCUT2D eigenvalue weighted by molar-refractivity contribution is -0.198. The third kappa shape index (κ3) is 1.86. The number of carboxylic acids is 1. The van der Waals surface area contributed by atoms with Crippen molar-refractivity contribution in [2.24, 2.45) is 28.6 Å². The van der Waals surface area contributed by atoms with E-state index in [1.54, 1.807) is 6.92 Å². The van der Waals surface area contributed by atoms with Gasteiger partial charge in [0.2, 0.25) is 0 Å². The quantitative estimate of drug-likeness (QED) is 0.713. The Hall–Kier alpha value is -1.89. The molecule has 0 radical (unpaired) electrons. The Bertz CT molecular complexity index is 865. The van der Waals surface area contributed by atoms with Crippen molar-refractivity contribution in [1.82, 2.24) is 0 Å². The summed E-state index contributed by atoms with van der Waals surface area (Å²) in [6, 6.07) is 0. The molecule has 4 aliphatic carbocycles. The van der Waals surface area contributed by atoms with Crippen LogP contribution in [0.1, 0.15) is 40.0 Å². The fourth-order valence-corrected chi connectivity index (χ4v) is 6.73. The summed E-state index contributed by atoms with van der Waals surface area (Å²) in [5.41, 5.74) is -7.66. The van der Waals surface area contributed by atoms with Crippen LogP contribution in [0.3, 0.4) is 0 Å². The lowest BCUT2D eigenvalue weighted by Crippen LogP contribution is -2.69. The maximum atomic E-state index is 16.7. The van der Waals surface area contributed by atoms with Gasteiger partial charge in [-0.1, -0.05) is 19.9 Å². The van der Waals surface area contributed by atoms with Crippen LogP contribution in [0, 0.1) is 28.6 Å². The van der Waals surface area contributed by atoms with Crippen molar-refractivity contribution in [1.29, 1.82) is 0 Å². The van der Waals surface area contributed by atoms with E-state index in [0.29, 0.717) is 0 Å². The first-order valence-electron chi connectivity index (χ1n) is 9.61. The van der Waals surface area contributed by atoms with Gasteiger partial charge >= 0.3 is 5.97 Å². The van der Waals surface area contributed by atoms with Gasteiger partial charge in [-0.25, -0.2) is 13.6 Å². The van der Waals surface area contributed by atoms with Crippen molar-refractivity contribution in [3.8, 4) is 0 Å². The van der Waals surface area contributed by atoms with Crippen LogP contribution >= 0.6 is 0 Å². The highest BCUT2D eigenvalue weighted by molar-refractivity contribution is 6.03. The third-order valence-electron chi connectivity index (χ3n) is 8.30. The molecule has 0 amide bonds. The Morgan fingerprint density at radius 2 is 1.86 bits per heavy atom. The van der Waals surface area contributed by atoms with Crippen molar-refractivity contribution < 1.29 is 33.4 Å². The minimum Gasteiger partial charge on any atom is -0.479 e. The van der Waals surface area contributed by atoms with Gasteiger partial charge in [-0.05, 0) is 49.3 Å². The summed E-state index contributed by atoms with van der Waals surface area (Å²) in [5, 5.41) is 20.8. The van der Waals surface area contributed by atoms with Crippen LogP contribution in [-0.4, -0.2) is 45.2 Å². The van der Waals surface area contributed by atoms with E-state index < -0.39 is 70.0 Å². The second kappa shape index (κ2) is 5.38. The van der Waals surface area contributed by atoms with Gasteiger partial charge < -0.3 is 10.2 Å². The van der Waals surface area contributed by atoms with Gasteiger partial charge in [-0.3, -0.25) is 9.59 Å². The zero-order chi connectivity index (χ0) is 20.9. The molecule has 5 nitrogen and oxygen atoms in total. The van der Waals surface area contributed by atoms with E-state index in [2.05, 4.69) is 0 Å². The summed E-state index contributed by atoms with van der Waals surface area (Å²) in [5.74, 6) is -5.17. The summed E-state index contributed by atoms with van der Waals surface area (Å²) in [6.45, 7) is 4.51. The lowest BCUT2D eigenvalue weighted by Gasteiger charge is -2.59. The molecule has 3 fully saturated rings. The first-order valence-corrected chi connectivity index (χ1v) is 9.61. The molecule has 0 aromatic carbocycles. The summed E-state index contributed by atoms with van der Waals surface area (Å²) >= 11 is 0. The minimum absolute atomic E-state index is 0.0322. The number of allylic oxidation sites excluding steroid dienone is 4. The molecule has 7 heteroatoms. The van der Waals surface area contributed by atoms with Gasteiger partial charge in [0.15, 0.2) is 22.8 Å². The molecule has 0 spiro atoms. The average molecular weight is 394 g/mol. The number of hydrogen-bond acceptors (Lipinski definition) is 4. The summed E-state index contributed by atoms with van der Waals surface area (Å²) in [7, 11) is 0. The Balaban J connectivity index is 1.90. The van der Waals surface area contributed by atoms with Gasteiger partial charge in [-0.15, -0.1) is 0 Å². The number of aliphatic hydroxyl groups is 1. The van der Waals surface area contributed by atoms with E-state index in [1.807, 2.05) is 0 Å². The molecule has 8 atom stereocenters. The molecular weight excluding hydrogens is 370 g/mol. The molecule has 3 saturated carbocycles. The molecule has 0 saturated heterocycles. The maximum Gasteiger partial charge on any atom is 0.336 e. The second-order valence-corrected chi connectivity index (χ2v) is 9.39. The molecule has 0 heterocycles. The highest BCUT2D eigenvalue weighted by Crippen LogP contribution is 2.69. The standard InChI is InChI=1S/C21H24F2O5/c1-10-6-12-13-8-15(22)14-7-11(24)4-5-18(14,2)20(13,23)16(25)9-19(12,3)21(10,28)17(26)27/h4-5,7,10,12-13,15,28H,6,8-9H2,1-3H3,(H,26,27)/t10-,12+,13+,15+,18+,19+,20+,21+/m1/s1. The predicted octanol–water partition coefficient (Wildman–Crippen LogP) is 2.58. The van der Waals surface area contributed by atoms with E-state index in [9.17, 15) is 24.6 Å². The fourth-order valence-electron chi connectivity index (χ4n) is 6.73. The number of ketones is 2. The maximum absolute atomic E-state index is 16.7. The highest BCUT2D eigenvalue weighted by atomic mass is 19.1. The SMILES string of the molecule is C[C@@H]1C[C@H]2[C@@H]3C[C@H](F)C4=CC(=O)C=C[C@]4(C)[C@@]3(F)C(=O)C[C@]2(C)[C@@]1(O)C(=O)O. The molecule has 2 N–H and O–H groups in total. The van der Waals surface area contributed by atoms with E-state index in [4.69, 9.17) is 0 Å². The van der Waals surface area contributed by atoms with Gasteiger partial charge in [0.25, 0.3) is 0 Å². The van der Waals surface area contributed by atoms with Crippen LogP contribution in [-0.2, 0) is 14.4 Å². The number of rotatable bonds is 1. The molecule has 0 aliphatic heterocycles. The van der Waals surface area contributed by atoms with Crippen LogP contribution in [0.2, 0.25) is 0 Å². The van der Waals surface area contributed by atoms with Crippen LogP contribution in [0.25, 0.3) is 0 Å². The number of hydrogen-bond donors (Lipinski definition) is 2. The zero-order valence-electron chi connectivity index (χ0n) is 16.0. The number of carboxylic acid groups (broad SMARTS) is 1. The molecule has 4 rings (SSSR count). The van der Waals surface area contributed by atoms with E-state index in [-0.39, 0.29) is 18.4 Å². The first kappa shape index (κ1) is 19.4. The predicted molar refractivity (Wildman–Crippen MR) is 94.8 cm³/mol. The van der Waals surface area contributed by atoms with Gasteiger partial charge in [0.1, 0.15) is 6.17 Å². The van der Waals surface area contributed by atoms with Gasteiger partial charge in [0, 0.05) is 17.8 Å². The minimum atomic E-state index is -2.45. The summed E-state index contributed by atoms with van der Waals surface area (Å²) in [6.07, 6.45) is 1.34. The Morgan fingerprint density at radius 1 is 1.21 bits per heavy atom. The molecular formula is C21H24F2O5. The summed E-state index contributed by atoms with van der Waals surface area (Å²) < 4.78 is 31.8. The number of carbonyl (C=O) groups excluding carboxylic acids is 2. The smallest absolute Gasteiger partial charge is 0.336 e.